The number of aliphatic hydroxyl groups is 1. The minimum absolute atomic E-state index is 0.0311. The second-order valence-corrected chi connectivity index (χ2v) is 10.2. The Labute approximate surface area is 204 Å². The normalized spacial score (nSPS) is 24.5. The van der Waals surface area contributed by atoms with E-state index in [9.17, 15) is 14.4 Å². The lowest BCUT2D eigenvalue weighted by atomic mass is 9.81. The first-order valence-corrected chi connectivity index (χ1v) is 12.5. The van der Waals surface area contributed by atoms with Crippen molar-refractivity contribution in [2.24, 2.45) is 5.92 Å². The Morgan fingerprint density at radius 3 is 2.83 bits per heavy atom. The lowest BCUT2D eigenvalue weighted by Crippen LogP contribution is -2.44. The predicted molar refractivity (Wildman–Crippen MR) is 133 cm³/mol. The smallest absolute Gasteiger partial charge is 0.230 e. The van der Waals surface area contributed by atoms with E-state index >= 15 is 0 Å². The maximum atomic E-state index is 13.3. The van der Waals surface area contributed by atoms with Crippen molar-refractivity contribution in [2.75, 3.05) is 25.1 Å². The van der Waals surface area contributed by atoms with Crippen molar-refractivity contribution in [3.63, 3.8) is 0 Å². The van der Waals surface area contributed by atoms with Gasteiger partial charge in [-0.3, -0.25) is 9.89 Å². The number of hydrogen-bond donors (Lipinski definition) is 4. The molecule has 1 saturated carbocycles. The van der Waals surface area contributed by atoms with Crippen molar-refractivity contribution in [3.05, 3.63) is 35.5 Å². The van der Waals surface area contributed by atoms with Crippen LogP contribution < -0.4 is 10.2 Å². The Hall–Kier alpha value is -2.75. The van der Waals surface area contributed by atoms with Crippen LogP contribution in [0.2, 0.25) is 0 Å². The number of anilines is 1. The fourth-order valence-electron chi connectivity index (χ4n) is 5.63. The molecule has 1 aromatic carbocycles. The first-order valence-electron chi connectivity index (χ1n) is 12.5. The molecule has 4 N–H and O–H groups in total. The Morgan fingerprint density at radius 1 is 1.31 bits per heavy atom. The Morgan fingerprint density at radius 2 is 2.11 bits per heavy atom. The summed E-state index contributed by atoms with van der Waals surface area (Å²) in [5, 5.41) is 22.0. The molecule has 8 nitrogen and oxygen atoms in total. The molecular weight excluding hydrogens is 449 g/mol. The van der Waals surface area contributed by atoms with Gasteiger partial charge in [-0.25, -0.2) is 0 Å². The molecule has 0 bridgehead atoms. The standard InChI is InChI=1S/C26H34FN5O3/c1-26(28-2)10-9-20-23(15-26)30-31-24(20)22-13-17-3-6-18(14-21(17)29-22)32(11-12-33)25(34)16-4-7-19(35-27)8-5-16/h3,6,13-14,16,19,28-29,33H,4-5,7-12,15H2,1-2H3,(H,30,31). The summed E-state index contributed by atoms with van der Waals surface area (Å²) in [7, 11) is 2.01. The van der Waals surface area contributed by atoms with E-state index in [0.29, 0.717) is 25.7 Å². The van der Waals surface area contributed by atoms with Crippen molar-refractivity contribution < 1.29 is 19.4 Å². The van der Waals surface area contributed by atoms with Gasteiger partial charge in [0.25, 0.3) is 0 Å². The van der Waals surface area contributed by atoms with E-state index in [4.69, 9.17) is 0 Å². The van der Waals surface area contributed by atoms with Gasteiger partial charge in [0, 0.05) is 52.3 Å². The van der Waals surface area contributed by atoms with Gasteiger partial charge >= 0.3 is 0 Å². The molecule has 2 heterocycles. The van der Waals surface area contributed by atoms with Crippen LogP contribution in [0.3, 0.4) is 0 Å². The summed E-state index contributed by atoms with van der Waals surface area (Å²) in [5.41, 5.74) is 6.06. The summed E-state index contributed by atoms with van der Waals surface area (Å²) >= 11 is 0. The van der Waals surface area contributed by atoms with Gasteiger partial charge in [0.15, 0.2) is 0 Å². The Kier molecular flexibility index (Phi) is 6.65. The molecule has 2 aromatic heterocycles. The highest BCUT2D eigenvalue weighted by Crippen LogP contribution is 2.35. The molecule has 0 aliphatic heterocycles. The predicted octanol–water partition coefficient (Wildman–Crippen LogP) is 3.81. The fraction of sp³-hybridized carbons (Fsp3) is 0.538. The third-order valence-corrected chi connectivity index (χ3v) is 7.96. The molecule has 1 unspecified atom stereocenters. The molecular formula is C26H34FN5O3. The van der Waals surface area contributed by atoms with Gasteiger partial charge in [0.2, 0.25) is 5.91 Å². The van der Waals surface area contributed by atoms with Crippen molar-refractivity contribution in [2.45, 2.75) is 63.5 Å². The van der Waals surface area contributed by atoms with E-state index < -0.39 is 6.10 Å². The maximum absolute atomic E-state index is 13.3. The van der Waals surface area contributed by atoms with Crippen LogP contribution in [-0.2, 0) is 22.6 Å². The number of nitrogens with one attached hydrogen (secondary N) is 3. The van der Waals surface area contributed by atoms with Crippen LogP contribution in [0.4, 0.5) is 10.2 Å². The number of aromatic nitrogens is 3. The van der Waals surface area contributed by atoms with E-state index in [1.807, 2.05) is 25.2 Å². The summed E-state index contributed by atoms with van der Waals surface area (Å²) in [6, 6.07) is 7.97. The van der Waals surface area contributed by atoms with Crippen LogP contribution in [0, 0.1) is 5.92 Å². The molecule has 2 aliphatic rings. The van der Waals surface area contributed by atoms with Gasteiger partial charge in [-0.05, 0) is 75.2 Å². The average Bonchev–Trinajstić information content (AvgIpc) is 3.49. The van der Waals surface area contributed by atoms with Crippen LogP contribution >= 0.6 is 0 Å². The van der Waals surface area contributed by atoms with Gasteiger partial charge in [-0.2, -0.15) is 10.0 Å². The summed E-state index contributed by atoms with van der Waals surface area (Å²) in [4.78, 5) is 22.4. The van der Waals surface area contributed by atoms with Crippen LogP contribution in [-0.4, -0.2) is 58.0 Å². The minimum Gasteiger partial charge on any atom is -0.395 e. The number of nitrogens with zero attached hydrogens (tertiary/aromatic N) is 2. The molecule has 1 amide bonds. The molecule has 0 saturated heterocycles. The van der Waals surface area contributed by atoms with E-state index in [1.165, 1.54) is 11.3 Å². The van der Waals surface area contributed by atoms with Gasteiger partial charge in [-0.15, -0.1) is 0 Å². The third-order valence-electron chi connectivity index (χ3n) is 7.96. The highest BCUT2D eigenvalue weighted by molar-refractivity contribution is 5.98. The quantitative estimate of drug-likeness (QED) is 0.409. The van der Waals surface area contributed by atoms with E-state index in [0.717, 1.165) is 47.2 Å². The number of hydrogen-bond acceptors (Lipinski definition) is 5. The number of aliphatic hydroxyl groups excluding tert-OH is 1. The second kappa shape index (κ2) is 9.72. The molecule has 0 radical (unpaired) electrons. The zero-order valence-electron chi connectivity index (χ0n) is 20.4. The summed E-state index contributed by atoms with van der Waals surface area (Å²) in [5.74, 6) is -0.224. The molecule has 1 atom stereocenters. The van der Waals surface area contributed by atoms with E-state index in [-0.39, 0.29) is 30.5 Å². The summed E-state index contributed by atoms with van der Waals surface area (Å²) in [6.07, 6.45) is 4.72. The van der Waals surface area contributed by atoms with Crippen molar-refractivity contribution in [1.29, 1.82) is 0 Å². The molecule has 35 heavy (non-hydrogen) atoms. The molecule has 3 aromatic rings. The fourth-order valence-corrected chi connectivity index (χ4v) is 5.63. The lowest BCUT2D eigenvalue weighted by Gasteiger charge is -2.33. The first kappa shape index (κ1) is 24.0. The van der Waals surface area contributed by atoms with Crippen LogP contribution in [0.1, 0.15) is 50.3 Å². The first-order chi connectivity index (χ1) is 16.9. The average molecular weight is 484 g/mol. The number of fused-ring (bicyclic) bond motifs is 2. The number of carbonyl (C=O) groups excluding carboxylic acids is 1. The van der Waals surface area contributed by atoms with Crippen molar-refractivity contribution in [3.8, 4) is 11.4 Å². The minimum atomic E-state index is -0.418. The zero-order chi connectivity index (χ0) is 24.6. The maximum Gasteiger partial charge on any atom is 0.230 e. The third kappa shape index (κ3) is 4.60. The zero-order valence-corrected chi connectivity index (χ0v) is 20.4. The summed E-state index contributed by atoms with van der Waals surface area (Å²) < 4.78 is 12.5. The number of likely N-dealkylation sites (N-methyl/N-ethyl adjacent to an activating group) is 1. The number of rotatable bonds is 7. The van der Waals surface area contributed by atoms with E-state index in [1.54, 1.807) is 4.90 Å². The van der Waals surface area contributed by atoms with Crippen LogP contribution in [0.25, 0.3) is 22.3 Å². The van der Waals surface area contributed by atoms with Gasteiger partial charge in [0.05, 0.1) is 18.4 Å². The number of aromatic amines is 2. The number of benzene rings is 1. The molecule has 2 aliphatic carbocycles. The topological polar surface area (TPSA) is 106 Å². The Bertz CT molecular complexity index is 1200. The second-order valence-electron chi connectivity index (χ2n) is 10.2. The van der Waals surface area contributed by atoms with Gasteiger partial charge in [-0.1, -0.05) is 6.07 Å². The number of halogens is 1. The Balaban J connectivity index is 1.40. The van der Waals surface area contributed by atoms with Crippen LogP contribution in [0.15, 0.2) is 24.3 Å². The number of carbonyl (C=O) groups is 1. The lowest BCUT2D eigenvalue weighted by molar-refractivity contribution is -0.190. The van der Waals surface area contributed by atoms with Crippen molar-refractivity contribution >= 4 is 22.5 Å². The summed E-state index contributed by atoms with van der Waals surface area (Å²) in [6.45, 7) is 2.32. The largest absolute Gasteiger partial charge is 0.395 e. The van der Waals surface area contributed by atoms with Gasteiger partial charge < -0.3 is 20.3 Å². The number of amides is 1. The SMILES string of the molecule is CNC1(C)CCc2c(-c3cc4ccc(N(CCO)C(=O)C5CCC(OF)CC5)cc4[nH]3)n[nH]c2C1. The molecule has 1 fully saturated rings. The molecule has 9 heteroatoms. The molecule has 0 spiro atoms. The molecule has 188 valence electrons. The molecule has 5 rings (SSSR count). The van der Waals surface area contributed by atoms with E-state index in [2.05, 4.69) is 38.4 Å². The highest BCUT2D eigenvalue weighted by Gasteiger charge is 2.33. The van der Waals surface area contributed by atoms with Gasteiger partial charge in [0.1, 0.15) is 5.69 Å². The van der Waals surface area contributed by atoms with Crippen LogP contribution in [0.5, 0.6) is 0 Å². The highest BCUT2D eigenvalue weighted by atomic mass is 19.3. The van der Waals surface area contributed by atoms with Crippen molar-refractivity contribution in [1.82, 2.24) is 20.5 Å². The number of H-pyrrole nitrogens is 2. The monoisotopic (exact) mass is 483 g/mol.